The Morgan fingerprint density at radius 1 is 1.42 bits per heavy atom. The molecule has 31 heavy (non-hydrogen) atoms. The maximum Gasteiger partial charge on any atom is 0.248 e. The first-order valence-corrected chi connectivity index (χ1v) is 10.9. The van der Waals surface area contributed by atoms with Gasteiger partial charge in [0.15, 0.2) is 11.8 Å². The largest absolute Gasteiger partial charge is 0.371 e. The quantitative estimate of drug-likeness (QED) is 0.490. The second-order valence-corrected chi connectivity index (χ2v) is 7.40. The second-order valence-electron chi connectivity index (χ2n) is 7.40. The van der Waals surface area contributed by atoms with Crippen LogP contribution in [0.3, 0.4) is 0 Å². The fourth-order valence-corrected chi connectivity index (χ4v) is 3.64. The second kappa shape index (κ2) is 11.3. The Morgan fingerprint density at radius 3 is 3.03 bits per heavy atom. The molecule has 0 spiro atoms. The third kappa shape index (κ3) is 6.18. The Balaban J connectivity index is 1.63. The summed E-state index contributed by atoms with van der Waals surface area (Å²) in [7, 11) is 0. The molecule has 0 bridgehead atoms. The summed E-state index contributed by atoms with van der Waals surface area (Å²) < 4.78 is 10.8. The number of guanidine groups is 1. The molecule has 0 saturated carbocycles. The lowest BCUT2D eigenvalue weighted by Gasteiger charge is -2.35. The van der Waals surface area contributed by atoms with Gasteiger partial charge in [-0.15, -0.1) is 0 Å². The van der Waals surface area contributed by atoms with Crippen LogP contribution in [0.2, 0.25) is 0 Å². The van der Waals surface area contributed by atoms with E-state index < -0.39 is 0 Å². The zero-order valence-electron chi connectivity index (χ0n) is 18.5. The highest BCUT2D eigenvalue weighted by atomic mass is 16.5. The highest BCUT2D eigenvalue weighted by molar-refractivity contribution is 5.80. The molecule has 1 aromatic heterocycles. The maximum atomic E-state index is 9.43. The van der Waals surface area contributed by atoms with Gasteiger partial charge in [0.2, 0.25) is 5.89 Å². The number of nitrogens with one attached hydrogen (secondary N) is 2. The number of rotatable bonds is 8. The lowest BCUT2D eigenvalue weighted by atomic mass is 10.0. The van der Waals surface area contributed by atoms with Crippen LogP contribution in [0.15, 0.2) is 33.8 Å². The average molecular weight is 426 g/mol. The smallest absolute Gasteiger partial charge is 0.248 e. The van der Waals surface area contributed by atoms with Crippen molar-refractivity contribution in [1.29, 1.82) is 5.26 Å². The van der Waals surface area contributed by atoms with Gasteiger partial charge >= 0.3 is 0 Å². The standard InChI is InChI=1S/C22H31N7O2/c1-4-24-22(25-14-20-27-21(28-31-20)16(3)30-5-2)26-18-10-8-12-29(15-18)19-11-7-6-9-17(19)13-23/h6-7,9,11,16,18H,4-5,8,10,12,14-15H2,1-3H3,(H2,24,25,26). The molecule has 9 heteroatoms. The van der Waals surface area contributed by atoms with Crippen molar-refractivity contribution in [3.05, 3.63) is 41.5 Å². The Kier molecular flexibility index (Phi) is 8.24. The molecule has 166 valence electrons. The molecule has 0 amide bonds. The third-order valence-corrected chi connectivity index (χ3v) is 5.11. The van der Waals surface area contributed by atoms with Crippen LogP contribution in [-0.4, -0.2) is 48.4 Å². The monoisotopic (exact) mass is 425 g/mol. The number of nitriles is 1. The molecule has 1 fully saturated rings. The summed E-state index contributed by atoms with van der Waals surface area (Å²) in [5, 5.41) is 20.2. The summed E-state index contributed by atoms with van der Waals surface area (Å²) in [5.41, 5.74) is 1.69. The lowest BCUT2D eigenvalue weighted by molar-refractivity contribution is 0.0683. The summed E-state index contributed by atoms with van der Waals surface area (Å²) >= 11 is 0. The van der Waals surface area contributed by atoms with Crippen LogP contribution < -0.4 is 15.5 Å². The number of ether oxygens (including phenoxy) is 1. The minimum absolute atomic E-state index is 0.206. The van der Waals surface area contributed by atoms with E-state index in [1.54, 1.807) is 0 Å². The number of benzene rings is 1. The number of aromatic nitrogens is 2. The first-order valence-electron chi connectivity index (χ1n) is 10.9. The van der Waals surface area contributed by atoms with Gasteiger partial charge in [-0.25, -0.2) is 4.99 Å². The maximum absolute atomic E-state index is 9.43. The Bertz CT molecular complexity index is 905. The summed E-state index contributed by atoms with van der Waals surface area (Å²) in [4.78, 5) is 11.3. The molecule has 0 aliphatic carbocycles. The SMILES string of the molecule is CCNC(=NCc1nc(C(C)OCC)no1)NC1CCCN(c2ccccc2C#N)C1. The zero-order valence-corrected chi connectivity index (χ0v) is 18.5. The van der Waals surface area contributed by atoms with Crippen LogP contribution in [0.1, 0.15) is 57.0 Å². The highest BCUT2D eigenvalue weighted by Gasteiger charge is 2.22. The third-order valence-electron chi connectivity index (χ3n) is 5.11. The van der Waals surface area contributed by atoms with E-state index in [1.807, 2.05) is 45.0 Å². The van der Waals surface area contributed by atoms with E-state index >= 15 is 0 Å². The average Bonchev–Trinajstić information content (AvgIpc) is 3.27. The van der Waals surface area contributed by atoms with Crippen LogP contribution in [0.4, 0.5) is 5.69 Å². The van der Waals surface area contributed by atoms with Crippen molar-refractivity contribution in [2.75, 3.05) is 31.1 Å². The van der Waals surface area contributed by atoms with Gasteiger partial charge in [0.25, 0.3) is 0 Å². The molecule has 2 unspecified atom stereocenters. The number of hydrogen-bond acceptors (Lipinski definition) is 7. The van der Waals surface area contributed by atoms with E-state index in [-0.39, 0.29) is 18.7 Å². The number of aliphatic imine (C=N–C) groups is 1. The topological polar surface area (TPSA) is 112 Å². The molecule has 0 radical (unpaired) electrons. The summed E-state index contributed by atoms with van der Waals surface area (Å²) in [6, 6.07) is 10.3. The van der Waals surface area contributed by atoms with Gasteiger partial charge in [-0.05, 0) is 45.7 Å². The summed E-state index contributed by atoms with van der Waals surface area (Å²) in [6.45, 7) is 9.22. The van der Waals surface area contributed by atoms with Gasteiger partial charge in [-0.1, -0.05) is 17.3 Å². The predicted octanol–water partition coefficient (Wildman–Crippen LogP) is 2.76. The first-order chi connectivity index (χ1) is 15.1. The van der Waals surface area contributed by atoms with Crippen LogP contribution in [0, 0.1) is 11.3 Å². The Hall–Kier alpha value is -3.12. The first kappa shape index (κ1) is 22.6. The predicted molar refractivity (Wildman–Crippen MR) is 119 cm³/mol. The number of anilines is 1. The van der Waals surface area contributed by atoms with Crippen LogP contribution >= 0.6 is 0 Å². The normalized spacial score (nSPS) is 17.8. The Morgan fingerprint density at radius 2 is 2.26 bits per heavy atom. The number of nitrogens with zero attached hydrogens (tertiary/aromatic N) is 5. The minimum Gasteiger partial charge on any atom is -0.371 e. The van der Waals surface area contributed by atoms with Gasteiger partial charge in [-0.2, -0.15) is 10.2 Å². The molecule has 2 atom stereocenters. The number of piperidine rings is 1. The summed E-state index contributed by atoms with van der Waals surface area (Å²) in [6.07, 6.45) is 1.87. The molecule has 2 N–H and O–H groups in total. The molecular weight excluding hydrogens is 394 g/mol. The van der Waals surface area contributed by atoms with E-state index in [1.165, 1.54) is 0 Å². The minimum atomic E-state index is -0.206. The van der Waals surface area contributed by atoms with E-state index in [2.05, 4.69) is 36.7 Å². The molecule has 2 aromatic rings. The van der Waals surface area contributed by atoms with Crippen LogP contribution in [-0.2, 0) is 11.3 Å². The number of para-hydroxylation sites is 1. The van der Waals surface area contributed by atoms with Crippen molar-refractivity contribution in [3.63, 3.8) is 0 Å². The van der Waals surface area contributed by atoms with E-state index in [9.17, 15) is 5.26 Å². The van der Waals surface area contributed by atoms with Gasteiger partial charge in [0.1, 0.15) is 18.7 Å². The van der Waals surface area contributed by atoms with Crippen molar-refractivity contribution in [2.24, 2.45) is 4.99 Å². The van der Waals surface area contributed by atoms with Crippen molar-refractivity contribution >= 4 is 11.6 Å². The summed E-state index contributed by atoms with van der Waals surface area (Å²) in [5.74, 6) is 1.69. The fraction of sp³-hybridized carbons (Fsp3) is 0.545. The molecule has 1 aliphatic heterocycles. The van der Waals surface area contributed by atoms with E-state index in [0.29, 0.717) is 29.8 Å². The van der Waals surface area contributed by atoms with Crippen LogP contribution in [0.25, 0.3) is 0 Å². The Labute approximate surface area is 183 Å². The van der Waals surface area contributed by atoms with Gasteiger partial charge in [0, 0.05) is 32.3 Å². The van der Waals surface area contributed by atoms with E-state index in [4.69, 9.17) is 9.26 Å². The molecule has 9 nitrogen and oxygen atoms in total. The van der Waals surface area contributed by atoms with Crippen molar-refractivity contribution in [1.82, 2.24) is 20.8 Å². The van der Waals surface area contributed by atoms with Crippen molar-refractivity contribution in [3.8, 4) is 6.07 Å². The lowest BCUT2D eigenvalue weighted by Crippen LogP contribution is -2.51. The van der Waals surface area contributed by atoms with Gasteiger partial charge in [0.05, 0.1) is 11.3 Å². The molecule has 1 aliphatic rings. The molecule has 3 rings (SSSR count). The number of hydrogen-bond donors (Lipinski definition) is 2. The molecular formula is C22H31N7O2. The molecule has 1 saturated heterocycles. The zero-order chi connectivity index (χ0) is 22.1. The van der Waals surface area contributed by atoms with E-state index in [0.717, 1.165) is 38.2 Å². The van der Waals surface area contributed by atoms with Crippen LogP contribution in [0.5, 0.6) is 0 Å². The highest BCUT2D eigenvalue weighted by Crippen LogP contribution is 2.23. The van der Waals surface area contributed by atoms with Crippen molar-refractivity contribution in [2.45, 2.75) is 52.3 Å². The molecule has 2 heterocycles. The van der Waals surface area contributed by atoms with Gasteiger partial charge < -0.3 is 24.8 Å². The molecule has 1 aromatic carbocycles. The van der Waals surface area contributed by atoms with Gasteiger partial charge in [-0.3, -0.25) is 0 Å². The van der Waals surface area contributed by atoms with Crippen molar-refractivity contribution < 1.29 is 9.26 Å². The fourth-order valence-electron chi connectivity index (χ4n) is 3.64.